The van der Waals surface area contributed by atoms with Crippen molar-refractivity contribution in [2.24, 2.45) is 11.8 Å². The first-order valence-electron chi connectivity index (χ1n) is 7.15. The highest BCUT2D eigenvalue weighted by Gasteiger charge is 2.53. The largest absolute Gasteiger partial charge is 0.376 e. The molecule has 2 saturated heterocycles. The smallest absolute Gasteiger partial charge is 0.131 e. The Morgan fingerprint density at radius 3 is 2.85 bits per heavy atom. The number of ether oxygens (including phenoxy) is 1. The van der Waals surface area contributed by atoms with Crippen LogP contribution >= 0.6 is 0 Å². The lowest BCUT2D eigenvalue weighted by Crippen LogP contribution is -2.52. The number of hydroxylamine groups is 1. The van der Waals surface area contributed by atoms with E-state index in [2.05, 4.69) is 5.48 Å². The van der Waals surface area contributed by atoms with Crippen LogP contribution in [0.3, 0.4) is 0 Å². The monoisotopic (exact) mass is 281 g/mol. The molecule has 4 rings (SSSR count). The molecule has 0 radical (unpaired) electrons. The standard InChI is InChI=1S/C15H17F2NO2/c16-11-3-4-12(13(17)6-11)15-8-19-14(9-1-2-9)5-10(15)7-20-18-15/h3-4,6,9-10,14,18H,1-2,5,7-8H2. The fourth-order valence-corrected chi connectivity index (χ4v) is 3.50. The van der Waals surface area contributed by atoms with Crippen molar-refractivity contribution >= 4 is 0 Å². The van der Waals surface area contributed by atoms with Crippen molar-refractivity contribution in [2.75, 3.05) is 13.2 Å². The predicted molar refractivity (Wildman–Crippen MR) is 67.7 cm³/mol. The van der Waals surface area contributed by atoms with Crippen molar-refractivity contribution in [3.8, 4) is 0 Å². The van der Waals surface area contributed by atoms with E-state index in [4.69, 9.17) is 9.57 Å². The van der Waals surface area contributed by atoms with Gasteiger partial charge in [-0.15, -0.1) is 0 Å². The zero-order chi connectivity index (χ0) is 13.7. The zero-order valence-electron chi connectivity index (χ0n) is 11.1. The third-order valence-electron chi connectivity index (χ3n) is 4.84. The van der Waals surface area contributed by atoms with E-state index >= 15 is 0 Å². The van der Waals surface area contributed by atoms with Crippen LogP contribution in [0, 0.1) is 23.5 Å². The van der Waals surface area contributed by atoms with E-state index in [-0.39, 0.29) is 12.0 Å². The van der Waals surface area contributed by atoms with Gasteiger partial charge >= 0.3 is 0 Å². The van der Waals surface area contributed by atoms with E-state index in [0.717, 1.165) is 12.5 Å². The fourth-order valence-electron chi connectivity index (χ4n) is 3.50. The predicted octanol–water partition coefficient (Wildman–Crippen LogP) is 2.51. The molecular formula is C15H17F2NO2. The first kappa shape index (κ1) is 12.7. The Balaban J connectivity index is 1.67. The highest BCUT2D eigenvalue weighted by molar-refractivity contribution is 5.29. The van der Waals surface area contributed by atoms with Gasteiger partial charge in [0.1, 0.15) is 11.6 Å². The summed E-state index contributed by atoms with van der Waals surface area (Å²) >= 11 is 0. The van der Waals surface area contributed by atoms with E-state index in [1.54, 1.807) is 0 Å². The Bertz CT molecular complexity index is 535. The number of rotatable bonds is 2. The summed E-state index contributed by atoms with van der Waals surface area (Å²) < 4.78 is 33.2. The molecule has 1 aromatic rings. The van der Waals surface area contributed by atoms with Crippen LogP contribution in [-0.2, 0) is 15.1 Å². The van der Waals surface area contributed by atoms with Gasteiger partial charge in [-0.05, 0) is 31.2 Å². The summed E-state index contributed by atoms with van der Waals surface area (Å²) in [4.78, 5) is 5.39. The number of fused-ring (bicyclic) bond motifs is 1. The molecule has 1 aromatic carbocycles. The van der Waals surface area contributed by atoms with Crippen LogP contribution in [0.1, 0.15) is 24.8 Å². The van der Waals surface area contributed by atoms with Crippen molar-refractivity contribution in [3.63, 3.8) is 0 Å². The quantitative estimate of drug-likeness (QED) is 0.903. The molecule has 0 spiro atoms. The highest BCUT2D eigenvalue weighted by atomic mass is 19.1. The molecule has 5 heteroatoms. The third kappa shape index (κ3) is 1.88. The molecule has 1 N–H and O–H groups in total. The molecule has 1 saturated carbocycles. The molecule has 3 fully saturated rings. The normalized spacial score (nSPS) is 36.9. The van der Waals surface area contributed by atoms with E-state index in [1.807, 2.05) is 0 Å². The molecule has 3 nitrogen and oxygen atoms in total. The average molecular weight is 281 g/mol. The van der Waals surface area contributed by atoms with Crippen LogP contribution in [0.25, 0.3) is 0 Å². The van der Waals surface area contributed by atoms with Crippen molar-refractivity contribution in [3.05, 3.63) is 35.4 Å². The van der Waals surface area contributed by atoms with Gasteiger partial charge in [-0.1, -0.05) is 6.07 Å². The molecule has 0 aromatic heterocycles. The molecule has 0 amide bonds. The molecule has 3 aliphatic rings. The minimum Gasteiger partial charge on any atom is -0.376 e. The topological polar surface area (TPSA) is 30.5 Å². The van der Waals surface area contributed by atoms with Crippen LogP contribution in [0.15, 0.2) is 18.2 Å². The van der Waals surface area contributed by atoms with Crippen LogP contribution < -0.4 is 5.48 Å². The van der Waals surface area contributed by atoms with E-state index in [0.29, 0.717) is 24.7 Å². The second-order valence-electron chi connectivity index (χ2n) is 6.13. The maximum Gasteiger partial charge on any atom is 0.131 e. The first-order chi connectivity index (χ1) is 9.69. The number of hydrogen-bond acceptors (Lipinski definition) is 3. The summed E-state index contributed by atoms with van der Waals surface area (Å²) in [6.07, 6.45) is 3.59. The summed E-state index contributed by atoms with van der Waals surface area (Å²) in [6.45, 7) is 0.921. The third-order valence-corrected chi connectivity index (χ3v) is 4.84. The van der Waals surface area contributed by atoms with Crippen LogP contribution in [0.5, 0.6) is 0 Å². The summed E-state index contributed by atoms with van der Waals surface area (Å²) in [5.41, 5.74) is 2.70. The van der Waals surface area contributed by atoms with Gasteiger partial charge in [0.15, 0.2) is 0 Å². The molecule has 3 atom stereocenters. The Kier molecular flexibility index (Phi) is 2.84. The number of nitrogens with one attached hydrogen (secondary N) is 1. The molecule has 2 heterocycles. The van der Waals surface area contributed by atoms with Gasteiger partial charge in [-0.2, -0.15) is 5.48 Å². The molecule has 20 heavy (non-hydrogen) atoms. The van der Waals surface area contributed by atoms with Crippen molar-refractivity contribution in [2.45, 2.75) is 30.9 Å². The lowest BCUT2D eigenvalue weighted by molar-refractivity contribution is -0.0773. The summed E-state index contributed by atoms with van der Waals surface area (Å²) in [5, 5.41) is 0. The van der Waals surface area contributed by atoms with E-state index in [9.17, 15) is 8.78 Å². The zero-order valence-corrected chi connectivity index (χ0v) is 11.1. The molecule has 3 unspecified atom stereocenters. The van der Waals surface area contributed by atoms with Gasteiger partial charge in [-0.25, -0.2) is 8.78 Å². The second-order valence-corrected chi connectivity index (χ2v) is 6.13. The van der Waals surface area contributed by atoms with Gasteiger partial charge in [0.05, 0.1) is 24.9 Å². The Morgan fingerprint density at radius 1 is 1.25 bits per heavy atom. The van der Waals surface area contributed by atoms with Gasteiger partial charge in [-0.3, -0.25) is 0 Å². The van der Waals surface area contributed by atoms with Crippen LogP contribution in [0.2, 0.25) is 0 Å². The fraction of sp³-hybridized carbons (Fsp3) is 0.600. The summed E-state index contributed by atoms with van der Waals surface area (Å²) in [5.74, 6) is -0.277. The van der Waals surface area contributed by atoms with Gasteiger partial charge < -0.3 is 9.57 Å². The number of halogens is 2. The second kappa shape index (κ2) is 4.48. The molecule has 0 bridgehead atoms. The highest BCUT2D eigenvalue weighted by Crippen LogP contribution is 2.47. The van der Waals surface area contributed by atoms with Crippen molar-refractivity contribution in [1.29, 1.82) is 0 Å². The lowest BCUT2D eigenvalue weighted by Gasteiger charge is -2.41. The van der Waals surface area contributed by atoms with E-state index in [1.165, 1.54) is 25.0 Å². The van der Waals surface area contributed by atoms with Gasteiger partial charge in [0.25, 0.3) is 0 Å². The SMILES string of the molecule is Fc1ccc(C23COC(C4CC4)CC2CON3)c(F)c1. The lowest BCUT2D eigenvalue weighted by atomic mass is 9.75. The maximum atomic E-state index is 14.1. The van der Waals surface area contributed by atoms with Crippen LogP contribution in [0.4, 0.5) is 8.78 Å². The van der Waals surface area contributed by atoms with Crippen molar-refractivity contribution < 1.29 is 18.4 Å². The Labute approximate surface area is 116 Å². The van der Waals surface area contributed by atoms with Gasteiger partial charge in [0, 0.05) is 17.5 Å². The van der Waals surface area contributed by atoms with E-state index < -0.39 is 17.2 Å². The van der Waals surface area contributed by atoms with Crippen molar-refractivity contribution in [1.82, 2.24) is 5.48 Å². The maximum absolute atomic E-state index is 14.1. The van der Waals surface area contributed by atoms with Crippen LogP contribution in [-0.4, -0.2) is 19.3 Å². The van der Waals surface area contributed by atoms with Gasteiger partial charge in [0.2, 0.25) is 0 Å². The first-order valence-corrected chi connectivity index (χ1v) is 7.15. The Hall–Kier alpha value is -1.04. The Morgan fingerprint density at radius 2 is 2.10 bits per heavy atom. The number of benzene rings is 1. The molecule has 1 aliphatic carbocycles. The number of hydrogen-bond donors (Lipinski definition) is 1. The molecule has 108 valence electrons. The molecular weight excluding hydrogens is 264 g/mol. The minimum absolute atomic E-state index is 0.168. The summed E-state index contributed by atoms with van der Waals surface area (Å²) in [6, 6.07) is 3.71. The summed E-state index contributed by atoms with van der Waals surface area (Å²) in [7, 11) is 0. The minimum atomic E-state index is -0.677. The average Bonchev–Trinajstić information content (AvgIpc) is 3.18. The molecule has 2 aliphatic heterocycles.